The summed E-state index contributed by atoms with van der Waals surface area (Å²) in [6.45, 7) is 1.59. The van der Waals surface area contributed by atoms with Crippen LogP contribution in [0.25, 0.3) is 11.3 Å². The normalized spacial score (nSPS) is 10.7. The van der Waals surface area contributed by atoms with Crippen LogP contribution in [-0.4, -0.2) is 28.0 Å². The molecule has 20 heavy (non-hydrogen) atoms. The van der Waals surface area contributed by atoms with Crippen LogP contribution in [0.5, 0.6) is 5.75 Å². The van der Waals surface area contributed by atoms with Gasteiger partial charge < -0.3 is 9.84 Å². The minimum atomic E-state index is -1.12. The molecule has 0 spiro atoms. The summed E-state index contributed by atoms with van der Waals surface area (Å²) >= 11 is 3.14. The second-order valence-corrected chi connectivity index (χ2v) is 5.08. The molecule has 0 fully saturated rings. The summed E-state index contributed by atoms with van der Waals surface area (Å²) in [6, 6.07) is 2.97. The molecule has 0 unspecified atom stereocenters. The van der Waals surface area contributed by atoms with Crippen molar-refractivity contribution in [2.24, 2.45) is 7.05 Å². The van der Waals surface area contributed by atoms with Gasteiger partial charge in [0.2, 0.25) is 0 Å². The number of hydrogen-bond acceptors (Lipinski definition) is 3. The topological polar surface area (TPSA) is 64.3 Å². The van der Waals surface area contributed by atoms with E-state index in [0.717, 1.165) is 0 Å². The Morgan fingerprint density at radius 1 is 1.50 bits per heavy atom. The van der Waals surface area contributed by atoms with E-state index in [1.165, 1.54) is 17.9 Å². The zero-order valence-corrected chi connectivity index (χ0v) is 12.7. The van der Waals surface area contributed by atoms with Gasteiger partial charge in [-0.1, -0.05) is 0 Å². The minimum Gasteiger partial charge on any atom is -0.496 e. The summed E-state index contributed by atoms with van der Waals surface area (Å²) in [6.07, 6.45) is 0. The zero-order valence-electron chi connectivity index (χ0n) is 11.1. The second-order valence-electron chi connectivity index (χ2n) is 4.22. The fourth-order valence-corrected chi connectivity index (χ4v) is 2.54. The van der Waals surface area contributed by atoms with Gasteiger partial charge in [0.1, 0.15) is 11.6 Å². The molecule has 2 aromatic rings. The van der Waals surface area contributed by atoms with Gasteiger partial charge >= 0.3 is 5.97 Å². The zero-order chi connectivity index (χ0) is 15.0. The van der Waals surface area contributed by atoms with E-state index >= 15 is 0 Å². The van der Waals surface area contributed by atoms with Crippen LogP contribution in [0.4, 0.5) is 4.39 Å². The molecule has 7 heteroatoms. The molecule has 5 nitrogen and oxygen atoms in total. The predicted molar refractivity (Wildman–Crippen MR) is 74.6 cm³/mol. The Kier molecular flexibility index (Phi) is 3.80. The van der Waals surface area contributed by atoms with Crippen molar-refractivity contribution in [2.75, 3.05) is 7.11 Å². The number of ether oxygens (including phenoxy) is 1. The largest absolute Gasteiger partial charge is 0.496 e. The molecule has 0 aliphatic heterocycles. The van der Waals surface area contributed by atoms with E-state index in [4.69, 9.17) is 9.84 Å². The Bertz CT molecular complexity index is 697. The van der Waals surface area contributed by atoms with Crippen LogP contribution in [0.15, 0.2) is 16.6 Å². The summed E-state index contributed by atoms with van der Waals surface area (Å²) in [4.78, 5) is 11.0. The maximum Gasteiger partial charge on any atom is 0.356 e. The van der Waals surface area contributed by atoms with Crippen LogP contribution in [0.3, 0.4) is 0 Å². The van der Waals surface area contributed by atoms with E-state index in [2.05, 4.69) is 21.0 Å². The van der Waals surface area contributed by atoms with Gasteiger partial charge in [-0.05, 0) is 35.0 Å². The highest BCUT2D eigenvalue weighted by atomic mass is 79.9. The smallest absolute Gasteiger partial charge is 0.356 e. The minimum absolute atomic E-state index is 0.0809. The number of rotatable bonds is 3. The van der Waals surface area contributed by atoms with E-state index in [9.17, 15) is 9.18 Å². The average molecular weight is 343 g/mol. The Morgan fingerprint density at radius 3 is 2.65 bits per heavy atom. The molecule has 0 amide bonds. The summed E-state index contributed by atoms with van der Waals surface area (Å²) in [5.41, 5.74) is 1.36. The molecule has 0 aliphatic carbocycles. The van der Waals surface area contributed by atoms with Gasteiger partial charge in [-0.2, -0.15) is 5.10 Å². The van der Waals surface area contributed by atoms with Gasteiger partial charge in [-0.3, -0.25) is 4.68 Å². The number of carboxylic acids is 1. The summed E-state index contributed by atoms with van der Waals surface area (Å²) < 4.78 is 20.8. The lowest BCUT2D eigenvalue weighted by Crippen LogP contribution is -2.01. The molecule has 1 heterocycles. The maximum atomic E-state index is 13.9. The van der Waals surface area contributed by atoms with Gasteiger partial charge in [0, 0.05) is 18.2 Å². The van der Waals surface area contributed by atoms with E-state index in [0.29, 0.717) is 22.6 Å². The van der Waals surface area contributed by atoms with E-state index in [1.54, 1.807) is 20.0 Å². The summed E-state index contributed by atoms with van der Waals surface area (Å²) in [5, 5.41) is 12.9. The molecule has 1 aromatic heterocycles. The first kappa shape index (κ1) is 14.5. The highest BCUT2D eigenvalue weighted by Gasteiger charge is 2.20. The third-order valence-electron chi connectivity index (χ3n) is 2.97. The predicted octanol–water partition coefficient (Wildman–Crippen LogP) is 3.00. The fraction of sp³-hybridized carbons (Fsp3) is 0.231. The number of aromatic carboxylic acids is 1. The molecule has 2 rings (SSSR count). The highest BCUT2D eigenvalue weighted by Crippen LogP contribution is 2.38. The van der Waals surface area contributed by atoms with E-state index in [-0.39, 0.29) is 10.2 Å². The lowest BCUT2D eigenvalue weighted by Gasteiger charge is -2.13. The monoisotopic (exact) mass is 342 g/mol. The van der Waals surface area contributed by atoms with Crippen LogP contribution < -0.4 is 4.74 Å². The Hall–Kier alpha value is -1.89. The number of carbonyl (C=O) groups is 1. The SMILES string of the molecule is COc1c(-c2cc(C(=O)O)nn2C)cc(Br)c(F)c1C. The highest BCUT2D eigenvalue weighted by molar-refractivity contribution is 9.10. The Balaban J connectivity index is 2.72. The first-order valence-electron chi connectivity index (χ1n) is 5.67. The molecule has 1 aromatic carbocycles. The van der Waals surface area contributed by atoms with Crippen molar-refractivity contribution in [1.82, 2.24) is 9.78 Å². The van der Waals surface area contributed by atoms with Crippen LogP contribution in [0.2, 0.25) is 0 Å². The first-order chi connectivity index (χ1) is 9.36. The van der Waals surface area contributed by atoms with Gasteiger partial charge in [0.25, 0.3) is 0 Å². The summed E-state index contributed by atoms with van der Waals surface area (Å²) in [7, 11) is 3.06. The van der Waals surface area contributed by atoms with Crippen molar-refractivity contribution in [3.05, 3.63) is 33.7 Å². The van der Waals surface area contributed by atoms with Crippen molar-refractivity contribution in [3.63, 3.8) is 0 Å². The summed E-state index contributed by atoms with van der Waals surface area (Å²) in [5.74, 6) is -1.18. The lowest BCUT2D eigenvalue weighted by molar-refractivity contribution is 0.0689. The number of benzene rings is 1. The third-order valence-corrected chi connectivity index (χ3v) is 3.55. The van der Waals surface area contributed by atoms with Crippen molar-refractivity contribution in [3.8, 4) is 17.0 Å². The van der Waals surface area contributed by atoms with Crippen molar-refractivity contribution < 1.29 is 19.0 Å². The maximum absolute atomic E-state index is 13.9. The third kappa shape index (κ3) is 2.29. The number of halogens is 2. The van der Waals surface area contributed by atoms with Crippen LogP contribution in [0.1, 0.15) is 16.1 Å². The number of methoxy groups -OCH3 is 1. The standard InChI is InChI=1S/C13H12BrFN2O3/c1-6-11(15)8(14)4-7(12(6)20-3)10-5-9(13(18)19)16-17(10)2/h4-5H,1-3H3,(H,18,19). The molecule has 0 saturated carbocycles. The number of aryl methyl sites for hydroxylation is 1. The van der Waals surface area contributed by atoms with E-state index < -0.39 is 11.8 Å². The Morgan fingerprint density at radius 2 is 2.15 bits per heavy atom. The molecule has 106 valence electrons. The molecular weight excluding hydrogens is 331 g/mol. The molecule has 0 atom stereocenters. The van der Waals surface area contributed by atoms with Crippen molar-refractivity contribution in [1.29, 1.82) is 0 Å². The van der Waals surface area contributed by atoms with Gasteiger partial charge in [-0.25, -0.2) is 9.18 Å². The van der Waals surface area contributed by atoms with Crippen LogP contribution in [0, 0.1) is 12.7 Å². The van der Waals surface area contributed by atoms with Crippen LogP contribution >= 0.6 is 15.9 Å². The Labute approximate surface area is 123 Å². The lowest BCUT2D eigenvalue weighted by atomic mass is 10.1. The molecule has 1 N–H and O–H groups in total. The number of hydrogen-bond donors (Lipinski definition) is 1. The molecule has 0 radical (unpaired) electrons. The van der Waals surface area contributed by atoms with Crippen molar-refractivity contribution in [2.45, 2.75) is 6.92 Å². The number of nitrogens with zero attached hydrogens (tertiary/aromatic N) is 2. The number of carboxylic acid groups (broad SMARTS) is 1. The second kappa shape index (κ2) is 5.24. The molecule has 0 saturated heterocycles. The number of aromatic nitrogens is 2. The quantitative estimate of drug-likeness (QED) is 0.931. The molecular formula is C13H12BrFN2O3. The molecule has 0 bridgehead atoms. The van der Waals surface area contributed by atoms with E-state index in [1.807, 2.05) is 0 Å². The van der Waals surface area contributed by atoms with Crippen LogP contribution in [-0.2, 0) is 7.05 Å². The van der Waals surface area contributed by atoms with Gasteiger partial charge in [-0.15, -0.1) is 0 Å². The van der Waals surface area contributed by atoms with Gasteiger partial charge in [0.15, 0.2) is 5.69 Å². The first-order valence-corrected chi connectivity index (χ1v) is 6.46. The van der Waals surface area contributed by atoms with Crippen molar-refractivity contribution >= 4 is 21.9 Å². The fourth-order valence-electron chi connectivity index (χ4n) is 2.01. The van der Waals surface area contributed by atoms with Gasteiger partial charge in [0.05, 0.1) is 17.3 Å². The average Bonchev–Trinajstić information content (AvgIpc) is 2.78. The molecule has 0 aliphatic rings.